The maximum atomic E-state index is 13.3. The van der Waals surface area contributed by atoms with Crippen LogP contribution in [-0.2, 0) is 0 Å². The Morgan fingerprint density at radius 3 is 2.33 bits per heavy atom. The van der Waals surface area contributed by atoms with Crippen LogP contribution in [0.3, 0.4) is 0 Å². The predicted octanol–water partition coefficient (Wildman–Crippen LogP) is 5.73. The maximum absolute atomic E-state index is 13.3. The molecule has 0 bridgehead atoms. The molecule has 0 radical (unpaired) electrons. The molecule has 124 valence electrons. The van der Waals surface area contributed by atoms with Gasteiger partial charge in [-0.1, -0.05) is 55.4 Å². The second-order valence-corrected chi connectivity index (χ2v) is 7.30. The summed E-state index contributed by atoms with van der Waals surface area (Å²) in [5, 5.41) is 0.936. The summed E-state index contributed by atoms with van der Waals surface area (Å²) in [6.45, 7) is 6.46. The fraction of sp³-hybridized carbons (Fsp3) is 0.250. The molecule has 1 aromatic heterocycles. The van der Waals surface area contributed by atoms with Gasteiger partial charge in [0.2, 0.25) is 0 Å². The van der Waals surface area contributed by atoms with E-state index in [2.05, 4.69) is 54.6 Å². The van der Waals surface area contributed by atoms with Crippen molar-refractivity contribution in [3.63, 3.8) is 0 Å². The molecule has 24 heavy (non-hydrogen) atoms. The molecule has 3 aromatic rings. The highest BCUT2D eigenvalue weighted by atomic mass is 32.2. The highest BCUT2D eigenvalue weighted by molar-refractivity contribution is 7.99. The highest BCUT2D eigenvalue weighted by Gasteiger charge is 2.14. The number of halogens is 1. The van der Waals surface area contributed by atoms with Crippen molar-refractivity contribution in [3.8, 4) is 16.9 Å². The van der Waals surface area contributed by atoms with Gasteiger partial charge in [-0.25, -0.2) is 9.37 Å². The largest absolute Gasteiger partial charge is 0.287 e. The van der Waals surface area contributed by atoms with E-state index in [1.807, 2.05) is 6.20 Å². The molecule has 0 aliphatic carbocycles. The Bertz CT molecular complexity index is 805. The molecule has 0 aliphatic rings. The van der Waals surface area contributed by atoms with Gasteiger partial charge in [0.05, 0.1) is 11.9 Å². The van der Waals surface area contributed by atoms with Crippen LogP contribution in [0, 0.1) is 18.7 Å². The average molecular weight is 340 g/mol. The first-order valence-corrected chi connectivity index (χ1v) is 9.06. The number of rotatable bonds is 5. The third kappa shape index (κ3) is 3.70. The third-order valence-corrected chi connectivity index (χ3v) is 5.09. The molecule has 0 saturated carbocycles. The molecule has 0 atom stereocenters. The van der Waals surface area contributed by atoms with Gasteiger partial charge >= 0.3 is 0 Å². The van der Waals surface area contributed by atoms with Crippen LogP contribution in [0.15, 0.2) is 59.9 Å². The van der Waals surface area contributed by atoms with Crippen molar-refractivity contribution < 1.29 is 4.39 Å². The standard InChI is InChI=1S/C20H21FN2S/c1-14(2)13-24-20-22-12-19(16-6-4-15(3)5-7-16)23(20)18-10-8-17(21)9-11-18/h4-12,14H,13H2,1-3H3. The minimum Gasteiger partial charge on any atom is -0.287 e. The summed E-state index contributed by atoms with van der Waals surface area (Å²) in [5.74, 6) is 1.34. The number of benzene rings is 2. The van der Waals surface area contributed by atoms with Crippen molar-refractivity contribution in [3.05, 3.63) is 66.1 Å². The molecule has 0 saturated heterocycles. The lowest BCUT2D eigenvalue weighted by Crippen LogP contribution is -2.01. The van der Waals surface area contributed by atoms with E-state index in [-0.39, 0.29) is 5.82 Å². The number of thioether (sulfide) groups is 1. The molecule has 0 aliphatic heterocycles. The van der Waals surface area contributed by atoms with E-state index in [1.165, 1.54) is 17.7 Å². The van der Waals surface area contributed by atoms with Crippen LogP contribution < -0.4 is 0 Å². The van der Waals surface area contributed by atoms with Crippen molar-refractivity contribution in [1.29, 1.82) is 0 Å². The second-order valence-electron chi connectivity index (χ2n) is 6.31. The molecule has 0 N–H and O–H groups in total. The Balaban J connectivity index is 2.08. The zero-order valence-electron chi connectivity index (χ0n) is 14.2. The molecule has 0 unspecified atom stereocenters. The molecule has 0 fully saturated rings. The zero-order chi connectivity index (χ0) is 17.1. The number of aromatic nitrogens is 2. The normalized spacial score (nSPS) is 11.2. The summed E-state index contributed by atoms with van der Waals surface area (Å²) in [7, 11) is 0. The lowest BCUT2D eigenvalue weighted by molar-refractivity contribution is 0.627. The van der Waals surface area contributed by atoms with Gasteiger partial charge in [0.15, 0.2) is 5.16 Å². The third-order valence-electron chi connectivity index (χ3n) is 3.71. The average Bonchev–Trinajstić information content (AvgIpc) is 2.98. The van der Waals surface area contributed by atoms with E-state index in [4.69, 9.17) is 0 Å². The summed E-state index contributed by atoms with van der Waals surface area (Å²) in [5.41, 5.74) is 4.28. The molecule has 3 rings (SSSR count). The maximum Gasteiger partial charge on any atom is 0.173 e. The Labute approximate surface area is 146 Å². The fourth-order valence-corrected chi connectivity index (χ4v) is 3.39. The topological polar surface area (TPSA) is 17.8 Å². The van der Waals surface area contributed by atoms with E-state index in [0.717, 1.165) is 27.9 Å². The van der Waals surface area contributed by atoms with Crippen LogP contribution in [0.1, 0.15) is 19.4 Å². The molecule has 0 amide bonds. The quantitative estimate of drug-likeness (QED) is 0.552. The van der Waals surface area contributed by atoms with E-state index in [0.29, 0.717) is 5.92 Å². The first-order valence-electron chi connectivity index (χ1n) is 8.08. The summed E-state index contributed by atoms with van der Waals surface area (Å²) in [6.07, 6.45) is 1.90. The van der Waals surface area contributed by atoms with Gasteiger partial charge in [-0.05, 0) is 37.1 Å². The number of hydrogen-bond acceptors (Lipinski definition) is 2. The first kappa shape index (κ1) is 16.8. The Morgan fingerprint density at radius 2 is 1.71 bits per heavy atom. The molecular weight excluding hydrogens is 319 g/mol. The van der Waals surface area contributed by atoms with Gasteiger partial charge in [0, 0.05) is 17.0 Å². The van der Waals surface area contributed by atoms with Crippen LogP contribution in [0.2, 0.25) is 0 Å². The van der Waals surface area contributed by atoms with Gasteiger partial charge in [-0.2, -0.15) is 0 Å². The number of nitrogens with zero attached hydrogens (tertiary/aromatic N) is 2. The second kappa shape index (κ2) is 7.22. The van der Waals surface area contributed by atoms with E-state index >= 15 is 0 Å². The van der Waals surface area contributed by atoms with Gasteiger partial charge in [-0.15, -0.1) is 0 Å². The van der Waals surface area contributed by atoms with Crippen LogP contribution in [0.4, 0.5) is 4.39 Å². The lowest BCUT2D eigenvalue weighted by Gasteiger charge is -2.13. The van der Waals surface area contributed by atoms with Crippen LogP contribution >= 0.6 is 11.8 Å². The van der Waals surface area contributed by atoms with Crippen LogP contribution in [0.5, 0.6) is 0 Å². The van der Waals surface area contributed by atoms with Gasteiger partial charge in [-0.3, -0.25) is 4.57 Å². The zero-order valence-corrected chi connectivity index (χ0v) is 15.0. The highest BCUT2D eigenvalue weighted by Crippen LogP contribution is 2.30. The van der Waals surface area contributed by atoms with Crippen molar-refractivity contribution in [2.24, 2.45) is 5.92 Å². The first-order chi connectivity index (χ1) is 11.5. The minimum atomic E-state index is -0.230. The molecule has 1 heterocycles. The number of aryl methyl sites for hydroxylation is 1. The smallest absolute Gasteiger partial charge is 0.173 e. The predicted molar refractivity (Wildman–Crippen MR) is 99.3 cm³/mol. The van der Waals surface area contributed by atoms with E-state index in [1.54, 1.807) is 23.9 Å². The van der Waals surface area contributed by atoms with Crippen molar-refractivity contribution in [2.45, 2.75) is 25.9 Å². The van der Waals surface area contributed by atoms with Crippen molar-refractivity contribution in [1.82, 2.24) is 9.55 Å². The van der Waals surface area contributed by atoms with Crippen molar-refractivity contribution >= 4 is 11.8 Å². The van der Waals surface area contributed by atoms with Crippen LogP contribution in [-0.4, -0.2) is 15.3 Å². The SMILES string of the molecule is Cc1ccc(-c2cnc(SCC(C)C)n2-c2ccc(F)cc2)cc1. The molecule has 0 spiro atoms. The van der Waals surface area contributed by atoms with Crippen molar-refractivity contribution in [2.75, 3.05) is 5.75 Å². The number of imidazole rings is 1. The lowest BCUT2D eigenvalue weighted by atomic mass is 10.1. The van der Waals surface area contributed by atoms with Gasteiger partial charge in [0.25, 0.3) is 0 Å². The number of hydrogen-bond donors (Lipinski definition) is 0. The Hall–Kier alpha value is -2.07. The fourth-order valence-electron chi connectivity index (χ4n) is 2.45. The van der Waals surface area contributed by atoms with Gasteiger partial charge in [0.1, 0.15) is 5.82 Å². The molecule has 2 aromatic carbocycles. The summed E-state index contributed by atoms with van der Waals surface area (Å²) >= 11 is 1.73. The summed E-state index contributed by atoms with van der Waals surface area (Å²) in [6, 6.07) is 15.0. The molecule has 4 heteroatoms. The minimum absolute atomic E-state index is 0.230. The van der Waals surface area contributed by atoms with E-state index < -0.39 is 0 Å². The van der Waals surface area contributed by atoms with E-state index in [9.17, 15) is 4.39 Å². The summed E-state index contributed by atoms with van der Waals surface area (Å²) < 4.78 is 15.4. The monoisotopic (exact) mass is 340 g/mol. The van der Waals surface area contributed by atoms with Gasteiger partial charge < -0.3 is 0 Å². The molecular formula is C20H21FN2S. The summed E-state index contributed by atoms with van der Waals surface area (Å²) in [4.78, 5) is 4.62. The molecule has 2 nitrogen and oxygen atoms in total. The Morgan fingerprint density at radius 1 is 1.04 bits per heavy atom. The van der Waals surface area contributed by atoms with Crippen LogP contribution in [0.25, 0.3) is 16.9 Å². The Kier molecular flexibility index (Phi) is 5.05.